The highest BCUT2D eigenvalue weighted by Crippen LogP contribution is 2.36. The Morgan fingerprint density at radius 2 is 2.28 bits per heavy atom. The van der Waals surface area contributed by atoms with Crippen LogP contribution in [0.4, 0.5) is 11.5 Å². The zero-order valence-corrected chi connectivity index (χ0v) is 10.7. The molecule has 18 heavy (non-hydrogen) atoms. The molecule has 0 aromatic carbocycles. The summed E-state index contributed by atoms with van der Waals surface area (Å²) in [6.07, 6.45) is 1.19. The third-order valence-corrected chi connectivity index (χ3v) is 3.68. The number of anilines is 1. The summed E-state index contributed by atoms with van der Waals surface area (Å²) in [6, 6.07) is 0. The van der Waals surface area contributed by atoms with Gasteiger partial charge in [-0.1, -0.05) is 11.3 Å². The van der Waals surface area contributed by atoms with Gasteiger partial charge in [-0.3, -0.25) is 10.1 Å². The van der Waals surface area contributed by atoms with Crippen molar-refractivity contribution in [2.24, 2.45) is 5.84 Å². The van der Waals surface area contributed by atoms with Crippen LogP contribution in [0.1, 0.15) is 5.01 Å². The zero-order chi connectivity index (χ0) is 13.1. The molecule has 2 heterocycles. The summed E-state index contributed by atoms with van der Waals surface area (Å²) < 4.78 is 0.567. The molecule has 2 aromatic heterocycles. The van der Waals surface area contributed by atoms with E-state index in [4.69, 9.17) is 5.84 Å². The summed E-state index contributed by atoms with van der Waals surface area (Å²) in [4.78, 5) is 17.9. The predicted molar refractivity (Wildman–Crippen MR) is 65.3 cm³/mol. The maximum absolute atomic E-state index is 11.0. The second kappa shape index (κ2) is 5.20. The van der Waals surface area contributed by atoms with Crippen LogP contribution in [0.3, 0.4) is 0 Å². The van der Waals surface area contributed by atoms with Gasteiger partial charge in [0, 0.05) is 0 Å². The molecule has 0 fully saturated rings. The van der Waals surface area contributed by atoms with Crippen molar-refractivity contribution in [2.45, 2.75) is 16.3 Å². The molecule has 0 amide bonds. The van der Waals surface area contributed by atoms with Crippen molar-refractivity contribution in [3.8, 4) is 0 Å². The number of nitrogen functional groups attached to an aromatic ring is 1. The quantitative estimate of drug-likeness (QED) is 0.365. The molecule has 0 aliphatic rings. The fourth-order valence-electron chi connectivity index (χ4n) is 1.11. The summed E-state index contributed by atoms with van der Waals surface area (Å²) in [5, 5.41) is 19.6. The van der Waals surface area contributed by atoms with Gasteiger partial charge >= 0.3 is 5.69 Å². The first kappa shape index (κ1) is 12.6. The normalized spacial score (nSPS) is 10.3. The molecule has 0 bridgehead atoms. The molecule has 9 nitrogen and oxygen atoms in total. The zero-order valence-electron chi connectivity index (χ0n) is 9.02. The van der Waals surface area contributed by atoms with E-state index in [9.17, 15) is 10.1 Å². The van der Waals surface area contributed by atoms with Crippen molar-refractivity contribution in [3.63, 3.8) is 0 Å². The largest absolute Gasteiger partial charge is 0.345 e. The fourth-order valence-corrected chi connectivity index (χ4v) is 2.91. The molecule has 3 N–H and O–H groups in total. The minimum atomic E-state index is -0.592. The number of hydrogen-bond donors (Lipinski definition) is 2. The Hall–Kier alpha value is -1.85. The standard InChI is InChI=1S/C7H7N7O2S2/c1-3-12-13-7(17-3)18-6-4(14(15)16)5(11-8)9-2-10-6/h2H,8H2,1H3,(H,9,10,11). The Morgan fingerprint density at radius 1 is 1.50 bits per heavy atom. The smallest absolute Gasteiger partial charge is 0.303 e. The average Bonchev–Trinajstić information content (AvgIpc) is 2.74. The summed E-state index contributed by atoms with van der Waals surface area (Å²) in [7, 11) is 0. The Labute approximate surface area is 109 Å². The molecule has 2 rings (SSSR count). The van der Waals surface area contributed by atoms with Crippen LogP contribution in [-0.4, -0.2) is 25.1 Å². The lowest BCUT2D eigenvalue weighted by Gasteiger charge is -2.02. The van der Waals surface area contributed by atoms with Crippen molar-refractivity contribution < 1.29 is 4.92 Å². The van der Waals surface area contributed by atoms with Gasteiger partial charge in [0.1, 0.15) is 11.3 Å². The molecule has 0 unspecified atom stereocenters. The summed E-state index contributed by atoms with van der Waals surface area (Å²) in [6.45, 7) is 1.79. The lowest BCUT2D eigenvalue weighted by Crippen LogP contribution is -2.11. The number of hydrazine groups is 1. The van der Waals surface area contributed by atoms with Crippen LogP contribution in [0.15, 0.2) is 15.7 Å². The van der Waals surface area contributed by atoms with E-state index >= 15 is 0 Å². The number of aryl methyl sites for hydroxylation is 1. The number of nitro groups is 1. The topological polar surface area (TPSA) is 133 Å². The van der Waals surface area contributed by atoms with Gasteiger partial charge in [0.15, 0.2) is 9.37 Å². The molecule has 0 saturated heterocycles. The minimum Gasteiger partial charge on any atom is -0.303 e. The van der Waals surface area contributed by atoms with Crippen molar-refractivity contribution in [3.05, 3.63) is 21.4 Å². The van der Waals surface area contributed by atoms with E-state index in [1.807, 2.05) is 0 Å². The summed E-state index contributed by atoms with van der Waals surface area (Å²) in [5.41, 5.74) is 1.89. The average molecular weight is 285 g/mol. The number of nitrogens with zero attached hydrogens (tertiary/aromatic N) is 5. The third kappa shape index (κ3) is 2.52. The van der Waals surface area contributed by atoms with Crippen LogP contribution in [-0.2, 0) is 0 Å². The third-order valence-electron chi connectivity index (χ3n) is 1.80. The Morgan fingerprint density at radius 3 is 2.83 bits per heavy atom. The first-order valence-corrected chi connectivity index (χ1v) is 6.19. The molecule has 0 aliphatic carbocycles. The van der Waals surface area contributed by atoms with Crippen LogP contribution in [0.2, 0.25) is 0 Å². The highest BCUT2D eigenvalue weighted by Gasteiger charge is 2.24. The summed E-state index contributed by atoms with van der Waals surface area (Å²) >= 11 is 2.37. The fraction of sp³-hybridized carbons (Fsp3) is 0.143. The number of nitrogens with two attached hydrogens (primary N) is 1. The van der Waals surface area contributed by atoms with Crippen molar-refractivity contribution in [1.29, 1.82) is 0 Å². The maximum Gasteiger partial charge on any atom is 0.345 e. The van der Waals surface area contributed by atoms with Gasteiger partial charge in [-0.15, -0.1) is 10.2 Å². The molecule has 0 aliphatic heterocycles. The van der Waals surface area contributed by atoms with Crippen molar-refractivity contribution in [2.75, 3.05) is 5.43 Å². The van der Waals surface area contributed by atoms with E-state index < -0.39 is 4.92 Å². The molecule has 94 valence electrons. The molecule has 11 heteroatoms. The van der Waals surface area contributed by atoms with Crippen LogP contribution in [0, 0.1) is 17.0 Å². The Balaban J connectivity index is 2.41. The van der Waals surface area contributed by atoms with Crippen LogP contribution >= 0.6 is 23.1 Å². The lowest BCUT2D eigenvalue weighted by atomic mass is 10.5. The van der Waals surface area contributed by atoms with E-state index in [1.165, 1.54) is 17.7 Å². The highest BCUT2D eigenvalue weighted by atomic mass is 32.2. The van der Waals surface area contributed by atoms with Gasteiger partial charge in [0.2, 0.25) is 5.82 Å². The van der Waals surface area contributed by atoms with Crippen molar-refractivity contribution in [1.82, 2.24) is 20.2 Å². The molecule has 0 spiro atoms. The lowest BCUT2D eigenvalue weighted by molar-refractivity contribution is -0.387. The maximum atomic E-state index is 11.0. The van der Waals surface area contributed by atoms with E-state index in [1.54, 1.807) is 6.92 Å². The molecular formula is C7H7N7O2S2. The SMILES string of the molecule is Cc1nnc(Sc2ncnc(NN)c2[N+](=O)[O-])s1. The van der Waals surface area contributed by atoms with Crippen molar-refractivity contribution >= 4 is 34.6 Å². The number of hydrogen-bond acceptors (Lipinski definition) is 10. The van der Waals surface area contributed by atoms with E-state index in [-0.39, 0.29) is 16.5 Å². The van der Waals surface area contributed by atoms with E-state index in [0.717, 1.165) is 16.8 Å². The van der Waals surface area contributed by atoms with Gasteiger partial charge < -0.3 is 5.43 Å². The van der Waals surface area contributed by atoms with Gasteiger partial charge in [0.05, 0.1) is 4.92 Å². The van der Waals surface area contributed by atoms with Crippen LogP contribution in [0.25, 0.3) is 0 Å². The Bertz CT molecular complexity index is 587. The van der Waals surface area contributed by atoms with E-state index in [2.05, 4.69) is 25.6 Å². The van der Waals surface area contributed by atoms with Crippen LogP contribution in [0.5, 0.6) is 0 Å². The highest BCUT2D eigenvalue weighted by molar-refractivity contribution is 8.01. The van der Waals surface area contributed by atoms with Crippen LogP contribution < -0.4 is 11.3 Å². The molecule has 2 aromatic rings. The second-order valence-electron chi connectivity index (χ2n) is 2.97. The second-order valence-corrected chi connectivity index (χ2v) is 5.38. The predicted octanol–water partition coefficient (Wildman–Crippen LogP) is 0.982. The van der Waals surface area contributed by atoms with E-state index in [0.29, 0.717) is 4.34 Å². The molecule has 0 saturated carbocycles. The van der Waals surface area contributed by atoms with Gasteiger partial charge in [-0.05, 0) is 18.7 Å². The number of aromatic nitrogens is 4. The molecular weight excluding hydrogens is 278 g/mol. The monoisotopic (exact) mass is 285 g/mol. The summed E-state index contributed by atoms with van der Waals surface area (Å²) in [5.74, 6) is 5.13. The first-order chi connectivity index (χ1) is 8.61. The first-order valence-electron chi connectivity index (χ1n) is 4.55. The molecule has 0 radical (unpaired) electrons. The minimum absolute atomic E-state index is 0.0428. The van der Waals surface area contributed by atoms with Gasteiger partial charge in [-0.25, -0.2) is 15.8 Å². The van der Waals surface area contributed by atoms with Gasteiger partial charge in [0.25, 0.3) is 0 Å². The Kier molecular flexibility index (Phi) is 3.64. The number of rotatable bonds is 4. The molecule has 0 atom stereocenters. The number of nitrogens with one attached hydrogen (secondary N) is 1. The van der Waals surface area contributed by atoms with Gasteiger partial charge in [-0.2, -0.15) is 0 Å².